The maximum Gasteiger partial charge on any atom is 0.422 e. The van der Waals surface area contributed by atoms with E-state index in [2.05, 4.69) is 9.72 Å². The fourth-order valence-corrected chi connectivity index (χ4v) is 2.85. The van der Waals surface area contributed by atoms with Crippen molar-refractivity contribution in [1.82, 2.24) is 9.71 Å². The quantitative estimate of drug-likeness (QED) is 0.852. The van der Waals surface area contributed by atoms with Crippen LogP contribution in [0, 0.1) is 5.92 Å². The molecule has 0 fully saturated rings. The molecule has 0 aliphatic carbocycles. The van der Waals surface area contributed by atoms with Crippen molar-refractivity contribution >= 4 is 15.9 Å². The molecular weight excluding hydrogens is 325 g/mol. The van der Waals surface area contributed by atoms with Crippen LogP contribution in [0.5, 0.6) is 5.75 Å². The summed E-state index contributed by atoms with van der Waals surface area (Å²) in [5, 5.41) is 0. The lowest BCUT2D eigenvalue weighted by Crippen LogP contribution is -2.34. The number of alkyl halides is 3. The summed E-state index contributed by atoms with van der Waals surface area (Å²) in [5.41, 5.74) is -0.529. The molecule has 0 radical (unpaired) electrons. The lowest BCUT2D eigenvalue weighted by molar-refractivity contribution is -0.153. The summed E-state index contributed by atoms with van der Waals surface area (Å²) in [4.78, 5) is 15.4. The highest BCUT2D eigenvalue weighted by atomic mass is 32.2. The van der Waals surface area contributed by atoms with Gasteiger partial charge in [0.05, 0.1) is 5.75 Å². The van der Waals surface area contributed by atoms with Crippen molar-refractivity contribution in [2.45, 2.75) is 20.0 Å². The predicted molar refractivity (Wildman–Crippen MR) is 71.9 cm³/mol. The van der Waals surface area contributed by atoms with Gasteiger partial charge in [-0.15, -0.1) is 0 Å². The van der Waals surface area contributed by atoms with Crippen LogP contribution in [0.15, 0.2) is 18.3 Å². The number of hydrogen-bond acceptors (Lipinski definition) is 5. The molecule has 1 heterocycles. The van der Waals surface area contributed by atoms with Gasteiger partial charge in [-0.3, -0.25) is 4.79 Å². The Labute approximate surface area is 125 Å². The number of ether oxygens (including phenoxy) is 1. The Kier molecular flexibility index (Phi) is 5.75. The highest BCUT2D eigenvalue weighted by Gasteiger charge is 2.30. The average molecular weight is 340 g/mol. The normalized spacial score (nSPS) is 12.3. The standard InChI is InChI=1S/C12H15F3N2O4S/c1-8(2)6-22(19,20)17-11(18)10-9(4-3-5-16-10)21-7-12(13,14)15/h3-5,8H,6-7H2,1-2H3,(H,17,18). The lowest BCUT2D eigenvalue weighted by Gasteiger charge is -2.13. The van der Waals surface area contributed by atoms with Gasteiger partial charge in [-0.2, -0.15) is 13.2 Å². The molecule has 0 aliphatic rings. The first kappa shape index (κ1) is 18.2. The molecule has 0 spiro atoms. The summed E-state index contributed by atoms with van der Waals surface area (Å²) < 4.78 is 66.0. The van der Waals surface area contributed by atoms with Crippen LogP contribution in [0.3, 0.4) is 0 Å². The number of rotatable bonds is 6. The van der Waals surface area contributed by atoms with E-state index in [-0.39, 0.29) is 11.7 Å². The number of aromatic nitrogens is 1. The molecule has 0 saturated carbocycles. The fourth-order valence-electron chi connectivity index (χ4n) is 1.51. The molecule has 6 nitrogen and oxygen atoms in total. The number of nitrogens with zero attached hydrogens (tertiary/aromatic N) is 1. The van der Waals surface area contributed by atoms with Crippen LogP contribution < -0.4 is 9.46 Å². The van der Waals surface area contributed by atoms with Crippen molar-refractivity contribution in [2.24, 2.45) is 5.92 Å². The Bertz CT molecular complexity index is 630. The highest BCUT2D eigenvalue weighted by Crippen LogP contribution is 2.20. The number of halogens is 3. The van der Waals surface area contributed by atoms with Crippen LogP contribution in [-0.2, 0) is 10.0 Å². The number of carbonyl (C=O) groups excluding carboxylic acids is 1. The highest BCUT2D eigenvalue weighted by molar-refractivity contribution is 7.90. The van der Waals surface area contributed by atoms with Gasteiger partial charge in [-0.25, -0.2) is 18.1 Å². The molecular formula is C12H15F3N2O4S. The summed E-state index contributed by atoms with van der Waals surface area (Å²) in [6.07, 6.45) is -3.45. The van der Waals surface area contributed by atoms with Gasteiger partial charge in [0.15, 0.2) is 18.1 Å². The van der Waals surface area contributed by atoms with E-state index in [4.69, 9.17) is 0 Å². The van der Waals surface area contributed by atoms with Crippen molar-refractivity contribution in [3.63, 3.8) is 0 Å². The fraction of sp³-hybridized carbons (Fsp3) is 0.500. The van der Waals surface area contributed by atoms with Crippen molar-refractivity contribution in [3.05, 3.63) is 24.0 Å². The van der Waals surface area contributed by atoms with Gasteiger partial charge in [-0.1, -0.05) is 13.8 Å². The molecule has 0 bridgehead atoms. The van der Waals surface area contributed by atoms with Gasteiger partial charge in [-0.05, 0) is 18.1 Å². The molecule has 10 heteroatoms. The number of sulfonamides is 1. The van der Waals surface area contributed by atoms with E-state index in [1.54, 1.807) is 18.6 Å². The molecule has 0 aromatic carbocycles. The second kappa shape index (κ2) is 6.95. The van der Waals surface area contributed by atoms with Gasteiger partial charge in [0, 0.05) is 6.20 Å². The molecule has 1 N–H and O–H groups in total. The first-order valence-corrected chi connectivity index (χ1v) is 7.85. The topological polar surface area (TPSA) is 85.4 Å². The first-order chi connectivity index (χ1) is 10.0. The SMILES string of the molecule is CC(C)CS(=O)(=O)NC(=O)c1ncccc1OCC(F)(F)F. The monoisotopic (exact) mass is 340 g/mol. The van der Waals surface area contributed by atoms with E-state index in [0.29, 0.717) is 0 Å². The number of carbonyl (C=O) groups is 1. The Hall–Kier alpha value is -1.84. The third-order valence-corrected chi connectivity index (χ3v) is 3.78. The largest absolute Gasteiger partial charge is 0.482 e. The van der Waals surface area contributed by atoms with Crippen molar-refractivity contribution < 1.29 is 31.1 Å². The molecule has 1 amide bonds. The Morgan fingerprint density at radius 3 is 2.59 bits per heavy atom. The lowest BCUT2D eigenvalue weighted by atomic mass is 10.3. The van der Waals surface area contributed by atoms with Gasteiger partial charge >= 0.3 is 6.18 Å². The van der Waals surface area contributed by atoms with E-state index in [9.17, 15) is 26.4 Å². The van der Waals surface area contributed by atoms with Crippen LogP contribution in [-0.4, -0.2) is 37.8 Å². The van der Waals surface area contributed by atoms with Crippen LogP contribution >= 0.6 is 0 Å². The second-order valence-corrected chi connectivity index (χ2v) is 6.63. The van der Waals surface area contributed by atoms with Gasteiger partial charge < -0.3 is 4.74 Å². The van der Waals surface area contributed by atoms with Crippen LogP contribution in [0.25, 0.3) is 0 Å². The Morgan fingerprint density at radius 2 is 2.05 bits per heavy atom. The van der Waals surface area contributed by atoms with E-state index >= 15 is 0 Å². The van der Waals surface area contributed by atoms with Crippen LogP contribution in [0.1, 0.15) is 24.3 Å². The molecule has 1 aromatic heterocycles. The molecule has 0 saturated heterocycles. The van der Waals surface area contributed by atoms with Crippen LogP contribution in [0.4, 0.5) is 13.2 Å². The Balaban J connectivity index is 2.90. The molecule has 1 aromatic rings. The number of nitrogens with one attached hydrogen (secondary N) is 1. The second-order valence-electron chi connectivity index (χ2n) is 4.86. The molecule has 0 aliphatic heterocycles. The van der Waals surface area contributed by atoms with Crippen LogP contribution in [0.2, 0.25) is 0 Å². The molecule has 0 unspecified atom stereocenters. The maximum atomic E-state index is 12.1. The maximum absolute atomic E-state index is 12.1. The summed E-state index contributed by atoms with van der Waals surface area (Å²) in [6, 6.07) is 2.37. The van der Waals surface area contributed by atoms with E-state index in [1.165, 1.54) is 6.07 Å². The van der Waals surface area contributed by atoms with E-state index < -0.39 is 40.2 Å². The zero-order valence-electron chi connectivity index (χ0n) is 11.8. The predicted octanol–water partition coefficient (Wildman–Crippen LogP) is 1.74. The third-order valence-electron chi connectivity index (χ3n) is 2.18. The van der Waals surface area contributed by atoms with Crippen molar-refractivity contribution in [3.8, 4) is 5.75 Å². The minimum absolute atomic E-state index is 0.227. The summed E-state index contributed by atoms with van der Waals surface area (Å²) in [5.74, 6) is -2.12. The van der Waals surface area contributed by atoms with Crippen molar-refractivity contribution in [2.75, 3.05) is 12.4 Å². The Morgan fingerprint density at radius 1 is 1.41 bits per heavy atom. The molecule has 1 rings (SSSR count). The van der Waals surface area contributed by atoms with Gasteiger partial charge in [0.25, 0.3) is 5.91 Å². The molecule has 22 heavy (non-hydrogen) atoms. The zero-order chi connectivity index (χ0) is 17.0. The zero-order valence-corrected chi connectivity index (χ0v) is 12.7. The summed E-state index contributed by atoms with van der Waals surface area (Å²) >= 11 is 0. The van der Waals surface area contributed by atoms with Gasteiger partial charge in [0.1, 0.15) is 0 Å². The summed E-state index contributed by atoms with van der Waals surface area (Å²) in [7, 11) is -3.91. The first-order valence-electron chi connectivity index (χ1n) is 6.19. The number of pyridine rings is 1. The minimum atomic E-state index is -4.59. The minimum Gasteiger partial charge on any atom is -0.482 e. The van der Waals surface area contributed by atoms with Gasteiger partial charge in [0.2, 0.25) is 10.0 Å². The van der Waals surface area contributed by atoms with E-state index in [0.717, 1.165) is 12.3 Å². The molecule has 0 atom stereocenters. The number of hydrogen-bond donors (Lipinski definition) is 1. The van der Waals surface area contributed by atoms with E-state index in [1.807, 2.05) is 0 Å². The summed E-state index contributed by atoms with van der Waals surface area (Å²) in [6.45, 7) is 1.67. The molecule has 124 valence electrons. The smallest absolute Gasteiger partial charge is 0.422 e. The average Bonchev–Trinajstić information content (AvgIpc) is 2.33. The number of amides is 1. The third kappa shape index (κ3) is 6.29. The van der Waals surface area contributed by atoms with Crippen molar-refractivity contribution in [1.29, 1.82) is 0 Å².